The predicted octanol–water partition coefficient (Wildman–Crippen LogP) is 2.62. The Morgan fingerprint density at radius 2 is 2.08 bits per heavy atom. The molecule has 0 atom stereocenters. The lowest BCUT2D eigenvalue weighted by molar-refractivity contribution is -0.385. The van der Waals surface area contributed by atoms with Crippen molar-refractivity contribution in [3.05, 3.63) is 75.2 Å². The second-order valence-electron chi connectivity index (χ2n) is 5.49. The van der Waals surface area contributed by atoms with Crippen molar-refractivity contribution < 1.29 is 9.72 Å². The molecule has 3 rings (SSSR count). The van der Waals surface area contributed by atoms with Gasteiger partial charge in [-0.25, -0.2) is 10.4 Å². The van der Waals surface area contributed by atoms with E-state index in [2.05, 4.69) is 15.5 Å². The molecule has 25 heavy (non-hydrogen) atoms. The molecule has 0 spiro atoms. The number of nitrogens with one attached hydrogen (secondary N) is 1. The summed E-state index contributed by atoms with van der Waals surface area (Å²) in [7, 11) is 0. The molecule has 126 valence electrons. The summed E-state index contributed by atoms with van der Waals surface area (Å²) in [4.78, 5) is 27.2. The first kappa shape index (κ1) is 16.3. The smallest absolute Gasteiger partial charge is 0.290 e. The van der Waals surface area contributed by atoms with Crippen molar-refractivity contribution in [1.82, 2.24) is 14.8 Å². The number of carbonyl (C=O) groups is 1. The summed E-state index contributed by atoms with van der Waals surface area (Å²) >= 11 is 0. The van der Waals surface area contributed by atoms with E-state index in [4.69, 9.17) is 0 Å². The lowest BCUT2D eigenvalue weighted by Crippen LogP contribution is -2.20. The molecule has 0 aliphatic rings. The Morgan fingerprint density at radius 3 is 2.84 bits per heavy atom. The van der Waals surface area contributed by atoms with Crippen LogP contribution in [0.15, 0.2) is 47.7 Å². The van der Waals surface area contributed by atoms with Crippen LogP contribution in [0.4, 0.5) is 5.69 Å². The van der Waals surface area contributed by atoms with Gasteiger partial charge in [-0.1, -0.05) is 12.1 Å². The van der Waals surface area contributed by atoms with Crippen LogP contribution in [0.3, 0.4) is 0 Å². The number of aromatic nitrogens is 2. The zero-order valence-corrected chi connectivity index (χ0v) is 13.6. The number of imidazole rings is 1. The fourth-order valence-corrected chi connectivity index (χ4v) is 2.51. The number of nitrogens with zero attached hydrogens (tertiary/aromatic N) is 4. The third kappa shape index (κ3) is 3.23. The molecule has 1 N–H and O–H groups in total. The van der Waals surface area contributed by atoms with Crippen molar-refractivity contribution in [3.8, 4) is 0 Å². The van der Waals surface area contributed by atoms with Crippen LogP contribution in [0.1, 0.15) is 27.3 Å². The van der Waals surface area contributed by atoms with Crippen LogP contribution in [-0.4, -0.2) is 26.4 Å². The van der Waals surface area contributed by atoms with Crippen molar-refractivity contribution in [2.24, 2.45) is 5.10 Å². The van der Waals surface area contributed by atoms with E-state index in [1.807, 2.05) is 19.1 Å². The van der Waals surface area contributed by atoms with E-state index in [0.29, 0.717) is 22.6 Å². The van der Waals surface area contributed by atoms with Gasteiger partial charge in [-0.2, -0.15) is 5.10 Å². The monoisotopic (exact) mass is 337 g/mol. The van der Waals surface area contributed by atoms with E-state index in [-0.39, 0.29) is 5.69 Å². The first-order valence-electron chi connectivity index (χ1n) is 7.49. The van der Waals surface area contributed by atoms with Crippen LogP contribution in [0.25, 0.3) is 5.65 Å². The molecule has 0 bridgehead atoms. The van der Waals surface area contributed by atoms with Crippen molar-refractivity contribution in [1.29, 1.82) is 0 Å². The summed E-state index contributed by atoms with van der Waals surface area (Å²) in [5.74, 6) is -0.441. The van der Waals surface area contributed by atoms with Crippen molar-refractivity contribution in [2.45, 2.75) is 13.8 Å². The molecule has 2 heterocycles. The molecule has 0 fully saturated rings. The Bertz CT molecular complexity index is 1010. The Labute approximate surface area is 143 Å². The highest BCUT2D eigenvalue weighted by atomic mass is 16.6. The van der Waals surface area contributed by atoms with Crippen LogP contribution in [-0.2, 0) is 0 Å². The number of carbonyl (C=O) groups excluding carboxylic acids is 1. The highest BCUT2D eigenvalue weighted by Gasteiger charge is 2.16. The highest BCUT2D eigenvalue weighted by molar-refractivity contribution is 5.95. The zero-order valence-electron chi connectivity index (χ0n) is 13.6. The fourth-order valence-electron chi connectivity index (χ4n) is 2.51. The maximum atomic E-state index is 12.4. The number of amides is 1. The number of aryl methyl sites for hydroxylation is 2. The lowest BCUT2D eigenvalue weighted by atomic mass is 10.2. The van der Waals surface area contributed by atoms with Gasteiger partial charge in [0.1, 0.15) is 11.3 Å². The molecule has 1 aromatic carbocycles. The van der Waals surface area contributed by atoms with Gasteiger partial charge in [-0.3, -0.25) is 19.3 Å². The van der Waals surface area contributed by atoms with Crippen LogP contribution in [0.2, 0.25) is 0 Å². The first-order chi connectivity index (χ1) is 12.0. The zero-order chi connectivity index (χ0) is 18.0. The normalized spacial score (nSPS) is 11.1. The van der Waals surface area contributed by atoms with Crippen LogP contribution >= 0.6 is 0 Å². The maximum absolute atomic E-state index is 12.4. The average molecular weight is 337 g/mol. The Balaban J connectivity index is 1.84. The van der Waals surface area contributed by atoms with Crippen LogP contribution < -0.4 is 5.43 Å². The number of rotatable bonds is 4. The minimum Gasteiger partial charge on any atom is -0.295 e. The fraction of sp³-hybridized carbons (Fsp3) is 0.118. The van der Waals surface area contributed by atoms with Crippen molar-refractivity contribution in [3.63, 3.8) is 0 Å². The molecule has 2 aromatic heterocycles. The number of hydrazone groups is 1. The van der Waals surface area contributed by atoms with E-state index in [1.165, 1.54) is 12.3 Å². The number of nitro benzene ring substituents is 1. The highest BCUT2D eigenvalue weighted by Crippen LogP contribution is 2.16. The van der Waals surface area contributed by atoms with Crippen molar-refractivity contribution in [2.75, 3.05) is 0 Å². The van der Waals surface area contributed by atoms with Gasteiger partial charge in [0, 0.05) is 12.3 Å². The van der Waals surface area contributed by atoms with E-state index < -0.39 is 10.8 Å². The number of pyridine rings is 1. The molecule has 8 heteroatoms. The van der Waals surface area contributed by atoms with E-state index >= 15 is 0 Å². The Morgan fingerprint density at radius 1 is 1.32 bits per heavy atom. The van der Waals surface area contributed by atoms with Gasteiger partial charge < -0.3 is 0 Å². The summed E-state index contributed by atoms with van der Waals surface area (Å²) < 4.78 is 1.68. The standard InChI is InChI=1S/C17H15N5O3/c1-11-7-8-21-15(9-11)19-12(2)16(21)17(23)20-18-10-13-5-3-4-6-14(13)22(24)25/h3-10H,1-2H3,(H,20,23)/b18-10-. The van der Waals surface area contributed by atoms with Gasteiger partial charge in [0.2, 0.25) is 0 Å². The number of fused-ring (bicyclic) bond motifs is 1. The molecule has 3 aromatic rings. The molecule has 0 saturated carbocycles. The number of para-hydroxylation sites is 1. The summed E-state index contributed by atoms with van der Waals surface area (Å²) in [6, 6.07) is 9.91. The number of benzene rings is 1. The largest absolute Gasteiger partial charge is 0.295 e. The summed E-state index contributed by atoms with van der Waals surface area (Å²) in [6.07, 6.45) is 3.02. The van der Waals surface area contributed by atoms with Gasteiger partial charge in [0.15, 0.2) is 0 Å². The third-order valence-electron chi connectivity index (χ3n) is 3.67. The minimum atomic E-state index is -0.500. The molecule has 0 saturated heterocycles. The maximum Gasteiger partial charge on any atom is 0.290 e. The van der Waals surface area contributed by atoms with Gasteiger partial charge >= 0.3 is 0 Å². The molecule has 0 radical (unpaired) electrons. The number of hydrogen-bond donors (Lipinski definition) is 1. The van der Waals surface area contributed by atoms with E-state index in [0.717, 1.165) is 5.56 Å². The molecular formula is C17H15N5O3. The van der Waals surface area contributed by atoms with Gasteiger partial charge in [-0.15, -0.1) is 0 Å². The Hall–Kier alpha value is -3.55. The number of hydrogen-bond acceptors (Lipinski definition) is 5. The molecule has 1 amide bonds. The van der Waals surface area contributed by atoms with E-state index in [9.17, 15) is 14.9 Å². The predicted molar refractivity (Wildman–Crippen MR) is 92.8 cm³/mol. The van der Waals surface area contributed by atoms with Gasteiger partial charge in [0.05, 0.1) is 22.4 Å². The Kier molecular flexibility index (Phi) is 4.25. The topological polar surface area (TPSA) is 102 Å². The van der Waals surface area contributed by atoms with Crippen LogP contribution in [0.5, 0.6) is 0 Å². The van der Waals surface area contributed by atoms with Gasteiger partial charge in [0.25, 0.3) is 11.6 Å². The SMILES string of the molecule is Cc1ccn2c(C(=O)N/N=C\c3ccccc3[N+](=O)[O-])c(C)nc2c1. The first-order valence-corrected chi connectivity index (χ1v) is 7.49. The average Bonchev–Trinajstić information content (AvgIpc) is 2.89. The summed E-state index contributed by atoms with van der Waals surface area (Å²) in [5, 5.41) is 14.8. The lowest BCUT2D eigenvalue weighted by Gasteiger charge is -2.02. The third-order valence-corrected chi connectivity index (χ3v) is 3.67. The molecule has 8 nitrogen and oxygen atoms in total. The molecule has 0 unspecified atom stereocenters. The molecule has 0 aliphatic carbocycles. The molecular weight excluding hydrogens is 322 g/mol. The van der Waals surface area contributed by atoms with Crippen molar-refractivity contribution >= 4 is 23.5 Å². The second-order valence-corrected chi connectivity index (χ2v) is 5.49. The summed E-state index contributed by atoms with van der Waals surface area (Å²) in [6.45, 7) is 3.68. The second kappa shape index (κ2) is 6.52. The van der Waals surface area contributed by atoms with Crippen LogP contribution in [0, 0.1) is 24.0 Å². The van der Waals surface area contributed by atoms with E-state index in [1.54, 1.807) is 35.7 Å². The molecule has 0 aliphatic heterocycles. The minimum absolute atomic E-state index is 0.0815. The van der Waals surface area contributed by atoms with Gasteiger partial charge in [-0.05, 0) is 37.6 Å². The number of nitro groups is 1. The quantitative estimate of drug-likeness (QED) is 0.449. The summed E-state index contributed by atoms with van der Waals surface area (Å²) in [5.41, 5.74) is 5.27.